The smallest absolute Gasteiger partial charge is 0.344 e. The molecule has 6 heteroatoms. The van der Waals surface area contributed by atoms with Crippen LogP contribution in [0.2, 0.25) is 10.0 Å². The van der Waals surface area contributed by atoms with Crippen molar-refractivity contribution in [2.45, 2.75) is 25.9 Å². The molecule has 1 N–H and O–H groups in total. The van der Waals surface area contributed by atoms with Gasteiger partial charge in [-0.25, -0.2) is 4.79 Å². The van der Waals surface area contributed by atoms with Gasteiger partial charge in [-0.3, -0.25) is 4.79 Å². The molecule has 0 radical (unpaired) electrons. The summed E-state index contributed by atoms with van der Waals surface area (Å²) >= 11 is 11.9. The first-order chi connectivity index (χ1) is 18.3. The van der Waals surface area contributed by atoms with E-state index in [0.29, 0.717) is 22.0 Å². The van der Waals surface area contributed by atoms with Crippen LogP contribution in [0.1, 0.15) is 33.5 Å². The molecular formula is C32H26Cl2O4. The van der Waals surface area contributed by atoms with Gasteiger partial charge in [0.1, 0.15) is 5.75 Å². The van der Waals surface area contributed by atoms with Crippen molar-refractivity contribution < 1.29 is 19.4 Å². The number of carbonyl (C=O) groups excluding carboxylic acids is 1. The first kappa shape index (κ1) is 27.2. The van der Waals surface area contributed by atoms with E-state index in [4.69, 9.17) is 27.9 Å². The Kier molecular flexibility index (Phi) is 9.01. The lowest BCUT2D eigenvalue weighted by atomic mass is 10.0. The maximum Gasteiger partial charge on any atom is 0.344 e. The summed E-state index contributed by atoms with van der Waals surface area (Å²) in [5.41, 5.74) is 5.09. The lowest BCUT2D eigenvalue weighted by molar-refractivity contribution is -0.145. The van der Waals surface area contributed by atoms with Gasteiger partial charge in [0.15, 0.2) is 11.9 Å². The molecule has 0 saturated carbocycles. The number of benzene rings is 4. The Balaban J connectivity index is 1.45. The number of carboxylic acids is 1. The van der Waals surface area contributed by atoms with E-state index < -0.39 is 12.1 Å². The van der Waals surface area contributed by atoms with Gasteiger partial charge in [-0.15, -0.1) is 0 Å². The zero-order valence-electron chi connectivity index (χ0n) is 20.7. The minimum absolute atomic E-state index is 0.242. The fourth-order valence-corrected chi connectivity index (χ4v) is 4.22. The number of halogens is 2. The first-order valence-corrected chi connectivity index (χ1v) is 12.9. The van der Waals surface area contributed by atoms with E-state index in [-0.39, 0.29) is 18.0 Å². The number of aliphatic carboxylic acids is 1. The van der Waals surface area contributed by atoms with Crippen molar-refractivity contribution in [3.63, 3.8) is 0 Å². The average Bonchev–Trinajstić information content (AvgIpc) is 2.92. The summed E-state index contributed by atoms with van der Waals surface area (Å²) < 4.78 is 5.89. The highest BCUT2D eigenvalue weighted by atomic mass is 35.5. The van der Waals surface area contributed by atoms with Crippen molar-refractivity contribution in [1.82, 2.24) is 0 Å². The summed E-state index contributed by atoms with van der Waals surface area (Å²) in [4.78, 5) is 25.0. The largest absolute Gasteiger partial charge is 0.479 e. The van der Waals surface area contributed by atoms with Gasteiger partial charge in [0.25, 0.3) is 0 Å². The number of aryl methyl sites for hydroxylation is 2. The van der Waals surface area contributed by atoms with Gasteiger partial charge >= 0.3 is 5.97 Å². The van der Waals surface area contributed by atoms with Gasteiger partial charge in [-0.05, 0) is 84.5 Å². The van der Waals surface area contributed by atoms with Crippen molar-refractivity contribution in [3.8, 4) is 16.9 Å². The van der Waals surface area contributed by atoms with E-state index in [9.17, 15) is 14.7 Å². The molecule has 4 aromatic rings. The van der Waals surface area contributed by atoms with Crippen LogP contribution in [0.15, 0.2) is 97.1 Å². The standard InChI is InChI=1S/C32H26Cl2O4/c1-21-2-18-30(28(20-21)29(35)17-7-23-5-13-26(33)14-6-23)38-31(32(36)37)19-8-22-3-9-24(10-4-22)25-11-15-27(34)16-12-25/h2-7,9-18,20,31H,8,19H2,1H3,(H,36,37)/b17-7+. The molecule has 0 aliphatic carbocycles. The van der Waals surface area contributed by atoms with Gasteiger partial charge in [-0.1, -0.05) is 89.4 Å². The van der Waals surface area contributed by atoms with E-state index in [1.165, 1.54) is 6.08 Å². The zero-order valence-corrected chi connectivity index (χ0v) is 22.2. The summed E-state index contributed by atoms with van der Waals surface area (Å²) in [7, 11) is 0. The zero-order chi connectivity index (χ0) is 27.1. The van der Waals surface area contributed by atoms with Crippen LogP contribution in [0.3, 0.4) is 0 Å². The van der Waals surface area contributed by atoms with E-state index in [2.05, 4.69) is 0 Å². The number of ether oxygens (including phenoxy) is 1. The fourth-order valence-electron chi connectivity index (χ4n) is 3.96. The predicted molar refractivity (Wildman–Crippen MR) is 153 cm³/mol. The van der Waals surface area contributed by atoms with Crippen LogP contribution in [0, 0.1) is 6.92 Å². The number of ketones is 1. The first-order valence-electron chi connectivity index (χ1n) is 12.1. The number of carbonyl (C=O) groups is 2. The van der Waals surface area contributed by atoms with Crippen LogP contribution in [0.25, 0.3) is 17.2 Å². The van der Waals surface area contributed by atoms with E-state index in [1.54, 1.807) is 36.4 Å². The summed E-state index contributed by atoms with van der Waals surface area (Å²) in [5, 5.41) is 11.1. The number of hydrogen-bond donors (Lipinski definition) is 1. The molecule has 0 spiro atoms. The molecule has 1 atom stereocenters. The summed E-state index contributed by atoms with van der Waals surface area (Å²) in [6.07, 6.45) is 2.78. The van der Waals surface area contributed by atoms with Gasteiger partial charge in [-0.2, -0.15) is 0 Å². The van der Waals surface area contributed by atoms with Crippen LogP contribution < -0.4 is 4.74 Å². The molecule has 4 aromatic carbocycles. The monoisotopic (exact) mass is 544 g/mol. The number of carboxylic acid groups (broad SMARTS) is 1. The normalized spacial score (nSPS) is 11.9. The van der Waals surface area contributed by atoms with Crippen molar-refractivity contribution in [3.05, 3.63) is 129 Å². The highest BCUT2D eigenvalue weighted by Crippen LogP contribution is 2.25. The molecule has 1 unspecified atom stereocenters. The van der Waals surface area contributed by atoms with Crippen molar-refractivity contribution in [1.29, 1.82) is 0 Å². The van der Waals surface area contributed by atoms with Crippen molar-refractivity contribution in [2.24, 2.45) is 0 Å². The maximum atomic E-state index is 13.0. The number of rotatable bonds is 10. The Bertz CT molecular complexity index is 1440. The lowest BCUT2D eigenvalue weighted by Gasteiger charge is -2.17. The number of allylic oxidation sites excluding steroid dienone is 1. The van der Waals surface area contributed by atoms with Gasteiger partial charge < -0.3 is 9.84 Å². The highest BCUT2D eigenvalue weighted by Gasteiger charge is 2.22. The van der Waals surface area contributed by atoms with Crippen LogP contribution >= 0.6 is 23.2 Å². The third-order valence-electron chi connectivity index (χ3n) is 6.07. The molecular weight excluding hydrogens is 519 g/mol. The molecule has 0 aliphatic rings. The summed E-state index contributed by atoms with van der Waals surface area (Å²) in [6, 6.07) is 27.8. The molecule has 0 saturated heterocycles. The minimum atomic E-state index is -1.11. The Morgan fingerprint density at radius 3 is 2.03 bits per heavy atom. The average molecular weight is 545 g/mol. The van der Waals surface area contributed by atoms with Crippen LogP contribution in [0.4, 0.5) is 0 Å². The molecule has 0 aromatic heterocycles. The van der Waals surface area contributed by atoms with Crippen molar-refractivity contribution in [2.75, 3.05) is 0 Å². The van der Waals surface area contributed by atoms with Crippen molar-refractivity contribution >= 4 is 41.0 Å². The summed E-state index contributed by atoms with van der Waals surface area (Å²) in [6.45, 7) is 1.87. The van der Waals surface area contributed by atoms with Crippen LogP contribution in [-0.4, -0.2) is 23.0 Å². The Morgan fingerprint density at radius 1 is 0.842 bits per heavy atom. The maximum absolute atomic E-state index is 13.0. The van der Waals surface area contributed by atoms with Crippen LogP contribution in [-0.2, 0) is 11.2 Å². The molecule has 0 heterocycles. The topological polar surface area (TPSA) is 63.6 Å². The van der Waals surface area contributed by atoms with E-state index in [0.717, 1.165) is 27.8 Å². The second kappa shape index (κ2) is 12.6. The van der Waals surface area contributed by atoms with E-state index in [1.807, 2.05) is 67.6 Å². The molecule has 0 aliphatic heterocycles. The third kappa shape index (κ3) is 7.34. The summed E-state index contributed by atoms with van der Waals surface area (Å²) in [5.74, 6) is -1.12. The van der Waals surface area contributed by atoms with Gasteiger partial charge in [0.2, 0.25) is 0 Å². The SMILES string of the molecule is Cc1ccc(OC(CCc2ccc(-c3ccc(Cl)cc3)cc2)C(=O)O)c(C(=O)/C=C/c2ccc(Cl)cc2)c1. The predicted octanol–water partition coefficient (Wildman–Crippen LogP) is 8.33. The van der Waals surface area contributed by atoms with Gasteiger partial charge in [0.05, 0.1) is 5.56 Å². The quantitative estimate of drug-likeness (QED) is 0.161. The lowest BCUT2D eigenvalue weighted by Crippen LogP contribution is -2.28. The third-order valence-corrected chi connectivity index (χ3v) is 6.57. The molecule has 0 fully saturated rings. The molecule has 4 nitrogen and oxygen atoms in total. The highest BCUT2D eigenvalue weighted by molar-refractivity contribution is 6.30. The van der Waals surface area contributed by atoms with Gasteiger partial charge in [0, 0.05) is 10.0 Å². The van der Waals surface area contributed by atoms with Crippen LogP contribution in [0.5, 0.6) is 5.75 Å². The minimum Gasteiger partial charge on any atom is -0.479 e. The molecule has 0 bridgehead atoms. The molecule has 0 amide bonds. The number of hydrogen-bond acceptors (Lipinski definition) is 3. The van der Waals surface area contributed by atoms with E-state index >= 15 is 0 Å². The Hall–Kier alpha value is -3.86. The fraction of sp³-hybridized carbons (Fsp3) is 0.125. The molecule has 192 valence electrons. The second-order valence-corrected chi connectivity index (χ2v) is 9.81. The molecule has 38 heavy (non-hydrogen) atoms. The Labute approximate surface area is 232 Å². The molecule has 4 rings (SSSR count). The Morgan fingerprint density at radius 2 is 1.42 bits per heavy atom. The second-order valence-electron chi connectivity index (χ2n) is 8.94.